The molecule has 1 unspecified atom stereocenters. The Morgan fingerprint density at radius 3 is 2.37 bits per heavy atom. The van der Waals surface area contributed by atoms with Gasteiger partial charge in [0.05, 0.1) is 27.2 Å². The maximum Gasteiger partial charge on any atom is 0.261 e. The number of nitrogens with one attached hydrogen (secondary N) is 2. The van der Waals surface area contributed by atoms with Crippen molar-refractivity contribution < 1.29 is 14.4 Å². The van der Waals surface area contributed by atoms with Crippen LogP contribution in [0.4, 0.5) is 5.69 Å². The zero-order valence-corrected chi connectivity index (χ0v) is 17.1. The number of carbonyl (C=O) groups is 3. The number of rotatable bonds is 7. The van der Waals surface area contributed by atoms with Crippen LogP contribution in [0.2, 0.25) is 10.0 Å². The summed E-state index contributed by atoms with van der Waals surface area (Å²) in [6.07, 6.45) is 0. The van der Waals surface area contributed by atoms with Crippen molar-refractivity contribution in [3.63, 3.8) is 0 Å². The Balaban J connectivity index is 1.97. The van der Waals surface area contributed by atoms with E-state index in [0.717, 1.165) is 0 Å². The van der Waals surface area contributed by atoms with Gasteiger partial charge in [-0.15, -0.1) is 11.3 Å². The van der Waals surface area contributed by atoms with Crippen molar-refractivity contribution in [1.29, 1.82) is 0 Å². The predicted molar refractivity (Wildman–Crippen MR) is 109 cm³/mol. The van der Waals surface area contributed by atoms with Crippen LogP contribution in [-0.2, 0) is 9.59 Å². The standard InChI is InChI=1S/C18H19Cl2N3O3S/c1-3-23(10-15(24)22-16-12(19)6-4-7-13(16)20)18(26)11(2)21-17(25)14-8-5-9-27-14/h4-9,11H,3,10H2,1-2H3,(H,21,25)(H,22,24). The van der Waals surface area contributed by atoms with Crippen molar-refractivity contribution in [2.24, 2.45) is 0 Å². The van der Waals surface area contributed by atoms with Gasteiger partial charge >= 0.3 is 0 Å². The first-order valence-corrected chi connectivity index (χ1v) is 9.84. The van der Waals surface area contributed by atoms with E-state index in [1.165, 1.54) is 16.2 Å². The van der Waals surface area contributed by atoms with Gasteiger partial charge in [-0.1, -0.05) is 35.3 Å². The number of amides is 3. The Hall–Kier alpha value is -2.09. The highest BCUT2D eigenvalue weighted by Gasteiger charge is 2.24. The molecule has 9 heteroatoms. The Morgan fingerprint density at radius 1 is 1.15 bits per heavy atom. The van der Waals surface area contributed by atoms with Crippen LogP contribution in [0.15, 0.2) is 35.7 Å². The summed E-state index contributed by atoms with van der Waals surface area (Å²) in [6, 6.07) is 7.54. The van der Waals surface area contributed by atoms with E-state index in [2.05, 4.69) is 10.6 Å². The van der Waals surface area contributed by atoms with Gasteiger partial charge in [0.2, 0.25) is 11.8 Å². The van der Waals surface area contributed by atoms with Crippen LogP contribution in [0.5, 0.6) is 0 Å². The molecule has 144 valence electrons. The molecule has 0 aliphatic heterocycles. The molecular weight excluding hydrogens is 409 g/mol. The van der Waals surface area contributed by atoms with Gasteiger partial charge in [-0.25, -0.2) is 0 Å². The number of thiophene rings is 1. The lowest BCUT2D eigenvalue weighted by atomic mass is 10.2. The van der Waals surface area contributed by atoms with E-state index in [4.69, 9.17) is 23.2 Å². The fraction of sp³-hybridized carbons (Fsp3) is 0.278. The van der Waals surface area contributed by atoms with Crippen LogP contribution in [0.1, 0.15) is 23.5 Å². The third-order valence-corrected chi connectivity index (χ3v) is 5.22. The van der Waals surface area contributed by atoms with Gasteiger partial charge in [0.15, 0.2) is 0 Å². The molecule has 2 N–H and O–H groups in total. The quantitative estimate of drug-likeness (QED) is 0.707. The minimum atomic E-state index is -0.767. The third-order valence-electron chi connectivity index (χ3n) is 3.72. The lowest BCUT2D eigenvalue weighted by Crippen LogP contribution is -2.48. The lowest BCUT2D eigenvalue weighted by Gasteiger charge is -2.24. The van der Waals surface area contributed by atoms with Crippen molar-refractivity contribution in [1.82, 2.24) is 10.2 Å². The summed E-state index contributed by atoms with van der Waals surface area (Å²) in [4.78, 5) is 38.9. The van der Waals surface area contributed by atoms with Crippen molar-refractivity contribution in [3.8, 4) is 0 Å². The van der Waals surface area contributed by atoms with Crippen LogP contribution in [-0.4, -0.2) is 41.8 Å². The normalized spacial score (nSPS) is 11.6. The average Bonchev–Trinajstić information content (AvgIpc) is 3.17. The number of benzene rings is 1. The number of halogens is 2. The highest BCUT2D eigenvalue weighted by molar-refractivity contribution is 7.12. The molecule has 3 amide bonds. The van der Waals surface area contributed by atoms with E-state index in [1.807, 2.05) is 0 Å². The van der Waals surface area contributed by atoms with Gasteiger partial charge in [0, 0.05) is 6.54 Å². The molecule has 0 saturated heterocycles. The van der Waals surface area contributed by atoms with E-state index < -0.39 is 11.9 Å². The summed E-state index contributed by atoms with van der Waals surface area (Å²) >= 11 is 13.4. The number of hydrogen-bond donors (Lipinski definition) is 2. The van der Waals surface area contributed by atoms with Crippen molar-refractivity contribution in [2.75, 3.05) is 18.4 Å². The Kier molecular flexibility index (Phi) is 7.65. The summed E-state index contributed by atoms with van der Waals surface area (Å²) in [5, 5.41) is 7.66. The molecule has 0 bridgehead atoms. The van der Waals surface area contributed by atoms with Crippen LogP contribution < -0.4 is 10.6 Å². The number of para-hydroxylation sites is 1. The molecular formula is C18H19Cl2N3O3S. The number of hydrogen-bond acceptors (Lipinski definition) is 4. The van der Waals surface area contributed by atoms with Gasteiger partial charge in [-0.2, -0.15) is 0 Å². The van der Waals surface area contributed by atoms with Crippen LogP contribution in [0.25, 0.3) is 0 Å². The number of nitrogens with zero attached hydrogens (tertiary/aromatic N) is 1. The average molecular weight is 428 g/mol. The topological polar surface area (TPSA) is 78.5 Å². The summed E-state index contributed by atoms with van der Waals surface area (Å²) in [5.41, 5.74) is 0.299. The summed E-state index contributed by atoms with van der Waals surface area (Å²) in [7, 11) is 0. The van der Waals surface area contributed by atoms with Crippen LogP contribution >= 0.6 is 34.5 Å². The SMILES string of the molecule is CCN(CC(=O)Nc1c(Cl)cccc1Cl)C(=O)C(C)NC(=O)c1cccs1. The molecule has 2 aromatic rings. The zero-order chi connectivity index (χ0) is 20.0. The first kappa shape index (κ1) is 21.2. The molecule has 0 spiro atoms. The second-order valence-corrected chi connectivity index (χ2v) is 7.43. The molecule has 0 aliphatic rings. The lowest BCUT2D eigenvalue weighted by molar-refractivity contribution is -0.135. The van der Waals surface area contributed by atoms with Crippen molar-refractivity contribution in [3.05, 3.63) is 50.6 Å². The minimum Gasteiger partial charge on any atom is -0.340 e. The predicted octanol–water partition coefficient (Wildman–Crippen LogP) is 3.66. The van der Waals surface area contributed by atoms with E-state index >= 15 is 0 Å². The highest BCUT2D eigenvalue weighted by Crippen LogP contribution is 2.29. The molecule has 0 saturated carbocycles. The van der Waals surface area contributed by atoms with Gasteiger partial charge in [-0.3, -0.25) is 14.4 Å². The molecule has 1 aromatic carbocycles. The van der Waals surface area contributed by atoms with Crippen molar-refractivity contribution >= 4 is 57.9 Å². The molecule has 0 aliphatic carbocycles. The van der Waals surface area contributed by atoms with Gasteiger partial charge in [-0.05, 0) is 37.4 Å². The maximum absolute atomic E-state index is 12.6. The fourth-order valence-corrected chi connectivity index (χ4v) is 3.44. The van der Waals surface area contributed by atoms with E-state index in [9.17, 15) is 14.4 Å². The fourth-order valence-electron chi connectivity index (χ4n) is 2.33. The third kappa shape index (κ3) is 5.69. The molecule has 0 radical (unpaired) electrons. The summed E-state index contributed by atoms with van der Waals surface area (Å²) in [5.74, 6) is -1.12. The Bertz CT molecular complexity index is 807. The summed E-state index contributed by atoms with van der Waals surface area (Å²) in [6.45, 7) is 3.46. The minimum absolute atomic E-state index is 0.184. The van der Waals surface area contributed by atoms with Crippen molar-refractivity contribution in [2.45, 2.75) is 19.9 Å². The molecule has 2 rings (SSSR count). The van der Waals surface area contributed by atoms with Gasteiger partial charge < -0.3 is 15.5 Å². The molecule has 1 heterocycles. The largest absolute Gasteiger partial charge is 0.340 e. The number of carbonyl (C=O) groups excluding carboxylic acids is 3. The van der Waals surface area contributed by atoms with E-state index in [0.29, 0.717) is 27.2 Å². The van der Waals surface area contributed by atoms with Crippen LogP contribution in [0, 0.1) is 0 Å². The smallest absolute Gasteiger partial charge is 0.261 e. The summed E-state index contributed by atoms with van der Waals surface area (Å²) < 4.78 is 0. The first-order chi connectivity index (χ1) is 12.8. The molecule has 27 heavy (non-hydrogen) atoms. The Morgan fingerprint density at radius 2 is 1.81 bits per heavy atom. The van der Waals surface area contributed by atoms with E-state index in [1.54, 1.807) is 49.6 Å². The number of likely N-dealkylation sites (N-methyl/N-ethyl adjacent to an activating group) is 1. The van der Waals surface area contributed by atoms with E-state index in [-0.39, 0.29) is 18.4 Å². The zero-order valence-electron chi connectivity index (χ0n) is 14.8. The molecule has 0 fully saturated rings. The highest BCUT2D eigenvalue weighted by atomic mass is 35.5. The van der Waals surface area contributed by atoms with Crippen LogP contribution in [0.3, 0.4) is 0 Å². The van der Waals surface area contributed by atoms with Gasteiger partial charge in [0.1, 0.15) is 6.04 Å². The Labute approximate surface area is 171 Å². The second-order valence-electron chi connectivity index (χ2n) is 5.67. The number of anilines is 1. The molecule has 1 aromatic heterocycles. The molecule has 1 atom stereocenters. The van der Waals surface area contributed by atoms with Gasteiger partial charge in [0.25, 0.3) is 5.91 Å². The maximum atomic E-state index is 12.6. The first-order valence-electron chi connectivity index (χ1n) is 8.20. The second kappa shape index (κ2) is 9.73. The monoisotopic (exact) mass is 427 g/mol. The molecule has 6 nitrogen and oxygen atoms in total.